The SMILES string of the molecule is CCC(CCO)CNC(=O)C1CCSC1. The lowest BCUT2D eigenvalue weighted by Gasteiger charge is -2.16. The first kappa shape index (κ1) is 12.8. The van der Waals surface area contributed by atoms with Crippen LogP contribution in [0.4, 0.5) is 0 Å². The summed E-state index contributed by atoms with van der Waals surface area (Å²) in [5.41, 5.74) is 0. The van der Waals surface area contributed by atoms with Gasteiger partial charge in [-0.2, -0.15) is 11.8 Å². The Labute approximate surface area is 96.0 Å². The molecule has 1 aliphatic rings. The molecule has 2 N–H and O–H groups in total. The number of carbonyl (C=O) groups is 1. The van der Waals surface area contributed by atoms with Crippen LogP contribution in [-0.4, -0.2) is 35.7 Å². The lowest BCUT2D eigenvalue weighted by molar-refractivity contribution is -0.124. The van der Waals surface area contributed by atoms with Crippen molar-refractivity contribution < 1.29 is 9.90 Å². The van der Waals surface area contributed by atoms with Crippen molar-refractivity contribution in [3.05, 3.63) is 0 Å². The van der Waals surface area contributed by atoms with E-state index in [4.69, 9.17) is 5.11 Å². The second-order valence-corrected chi connectivity index (χ2v) is 5.24. The molecular formula is C11H21NO2S. The lowest BCUT2D eigenvalue weighted by atomic mass is 10.0. The lowest BCUT2D eigenvalue weighted by Crippen LogP contribution is -2.34. The molecule has 0 spiro atoms. The number of aliphatic hydroxyl groups is 1. The molecule has 0 saturated carbocycles. The van der Waals surface area contributed by atoms with Crippen molar-refractivity contribution in [2.75, 3.05) is 24.7 Å². The highest BCUT2D eigenvalue weighted by Crippen LogP contribution is 2.23. The molecule has 0 aromatic rings. The molecule has 0 radical (unpaired) electrons. The van der Waals surface area contributed by atoms with E-state index in [0.717, 1.165) is 37.3 Å². The zero-order chi connectivity index (χ0) is 11.1. The molecule has 1 heterocycles. The fourth-order valence-corrected chi connectivity index (χ4v) is 2.98. The quantitative estimate of drug-likeness (QED) is 0.723. The summed E-state index contributed by atoms with van der Waals surface area (Å²) >= 11 is 1.86. The number of hydrogen-bond donors (Lipinski definition) is 2. The van der Waals surface area contributed by atoms with E-state index in [1.807, 2.05) is 11.8 Å². The van der Waals surface area contributed by atoms with Crippen LogP contribution in [0.15, 0.2) is 0 Å². The van der Waals surface area contributed by atoms with Crippen LogP contribution in [0.1, 0.15) is 26.2 Å². The first-order chi connectivity index (χ1) is 7.27. The Morgan fingerprint density at radius 2 is 2.47 bits per heavy atom. The molecule has 4 heteroatoms. The zero-order valence-corrected chi connectivity index (χ0v) is 10.2. The summed E-state index contributed by atoms with van der Waals surface area (Å²) in [7, 11) is 0. The van der Waals surface area contributed by atoms with Crippen molar-refractivity contribution in [1.82, 2.24) is 5.32 Å². The van der Waals surface area contributed by atoms with Crippen LogP contribution >= 0.6 is 11.8 Å². The van der Waals surface area contributed by atoms with Gasteiger partial charge in [0.05, 0.1) is 0 Å². The van der Waals surface area contributed by atoms with E-state index in [1.165, 1.54) is 0 Å². The van der Waals surface area contributed by atoms with Gasteiger partial charge in [-0.3, -0.25) is 4.79 Å². The number of nitrogens with one attached hydrogen (secondary N) is 1. The third-order valence-corrected chi connectivity index (χ3v) is 4.14. The first-order valence-corrected chi connectivity index (χ1v) is 6.89. The maximum absolute atomic E-state index is 11.7. The van der Waals surface area contributed by atoms with Crippen LogP contribution in [0.3, 0.4) is 0 Å². The smallest absolute Gasteiger partial charge is 0.223 e. The van der Waals surface area contributed by atoms with Gasteiger partial charge in [-0.05, 0) is 24.5 Å². The van der Waals surface area contributed by atoms with E-state index in [0.29, 0.717) is 5.92 Å². The molecule has 1 fully saturated rings. The van der Waals surface area contributed by atoms with Gasteiger partial charge in [-0.25, -0.2) is 0 Å². The van der Waals surface area contributed by atoms with Crippen LogP contribution in [0.5, 0.6) is 0 Å². The van der Waals surface area contributed by atoms with Gasteiger partial charge in [0.2, 0.25) is 5.91 Å². The molecule has 1 aliphatic heterocycles. The molecular weight excluding hydrogens is 210 g/mol. The maximum atomic E-state index is 11.7. The fraction of sp³-hybridized carbons (Fsp3) is 0.909. The van der Waals surface area contributed by atoms with E-state index in [2.05, 4.69) is 12.2 Å². The summed E-state index contributed by atoms with van der Waals surface area (Å²) in [6, 6.07) is 0. The van der Waals surface area contributed by atoms with E-state index in [9.17, 15) is 4.79 Å². The van der Waals surface area contributed by atoms with E-state index in [1.54, 1.807) is 0 Å². The first-order valence-electron chi connectivity index (χ1n) is 5.74. The van der Waals surface area contributed by atoms with Crippen LogP contribution < -0.4 is 5.32 Å². The van der Waals surface area contributed by atoms with Crippen LogP contribution in [0, 0.1) is 11.8 Å². The highest BCUT2D eigenvalue weighted by atomic mass is 32.2. The third kappa shape index (κ3) is 4.43. The molecule has 2 unspecified atom stereocenters. The van der Waals surface area contributed by atoms with Crippen molar-refractivity contribution in [2.45, 2.75) is 26.2 Å². The van der Waals surface area contributed by atoms with Gasteiger partial charge in [-0.15, -0.1) is 0 Å². The Bertz CT molecular complexity index is 193. The van der Waals surface area contributed by atoms with Gasteiger partial charge in [0.1, 0.15) is 0 Å². The van der Waals surface area contributed by atoms with Gasteiger partial charge in [-0.1, -0.05) is 13.3 Å². The number of hydrogen-bond acceptors (Lipinski definition) is 3. The van der Waals surface area contributed by atoms with Gasteiger partial charge < -0.3 is 10.4 Å². The van der Waals surface area contributed by atoms with Crippen molar-refractivity contribution in [1.29, 1.82) is 0 Å². The second-order valence-electron chi connectivity index (χ2n) is 4.09. The predicted molar refractivity (Wildman–Crippen MR) is 63.9 cm³/mol. The topological polar surface area (TPSA) is 49.3 Å². The average molecular weight is 231 g/mol. The highest BCUT2D eigenvalue weighted by molar-refractivity contribution is 7.99. The average Bonchev–Trinajstić information content (AvgIpc) is 2.77. The summed E-state index contributed by atoms with van der Waals surface area (Å²) < 4.78 is 0. The van der Waals surface area contributed by atoms with Gasteiger partial charge in [0.25, 0.3) is 0 Å². The predicted octanol–water partition coefficient (Wildman–Crippen LogP) is 1.26. The van der Waals surface area contributed by atoms with Crippen molar-refractivity contribution in [3.63, 3.8) is 0 Å². The van der Waals surface area contributed by atoms with Gasteiger partial charge in [0, 0.05) is 24.8 Å². The molecule has 1 rings (SSSR count). The Hall–Kier alpha value is -0.220. The standard InChI is InChI=1S/C11H21NO2S/c1-2-9(3-5-13)7-12-11(14)10-4-6-15-8-10/h9-10,13H,2-8H2,1H3,(H,12,14). The molecule has 2 atom stereocenters. The molecule has 1 amide bonds. The number of amides is 1. The summed E-state index contributed by atoms with van der Waals surface area (Å²) in [5, 5.41) is 11.8. The Morgan fingerprint density at radius 3 is 3.00 bits per heavy atom. The largest absolute Gasteiger partial charge is 0.396 e. The third-order valence-electron chi connectivity index (χ3n) is 2.98. The Balaban J connectivity index is 2.19. The minimum absolute atomic E-state index is 0.205. The Kier molecular flexibility index (Phi) is 6.10. The molecule has 0 aliphatic carbocycles. The molecule has 3 nitrogen and oxygen atoms in total. The number of carbonyl (C=O) groups excluding carboxylic acids is 1. The Morgan fingerprint density at radius 1 is 1.67 bits per heavy atom. The minimum Gasteiger partial charge on any atom is -0.396 e. The normalized spacial score (nSPS) is 22.7. The fourth-order valence-electron chi connectivity index (χ4n) is 1.76. The zero-order valence-electron chi connectivity index (χ0n) is 9.37. The number of thioether (sulfide) groups is 1. The molecule has 0 aromatic heterocycles. The van der Waals surface area contributed by atoms with E-state index in [-0.39, 0.29) is 18.4 Å². The molecule has 0 bridgehead atoms. The summed E-state index contributed by atoms with van der Waals surface area (Å²) in [4.78, 5) is 11.7. The highest BCUT2D eigenvalue weighted by Gasteiger charge is 2.23. The molecule has 88 valence electrons. The van der Waals surface area contributed by atoms with Gasteiger partial charge >= 0.3 is 0 Å². The van der Waals surface area contributed by atoms with Crippen LogP contribution in [-0.2, 0) is 4.79 Å². The van der Waals surface area contributed by atoms with Crippen molar-refractivity contribution in [2.24, 2.45) is 11.8 Å². The van der Waals surface area contributed by atoms with Crippen LogP contribution in [0.25, 0.3) is 0 Å². The molecule has 0 aromatic carbocycles. The number of rotatable bonds is 6. The maximum Gasteiger partial charge on any atom is 0.223 e. The summed E-state index contributed by atoms with van der Waals surface area (Å²) in [5.74, 6) is 2.94. The summed E-state index contributed by atoms with van der Waals surface area (Å²) in [6.07, 6.45) is 2.82. The van der Waals surface area contributed by atoms with Crippen molar-refractivity contribution in [3.8, 4) is 0 Å². The minimum atomic E-state index is 0.205. The second kappa shape index (κ2) is 7.12. The monoisotopic (exact) mass is 231 g/mol. The van der Waals surface area contributed by atoms with Gasteiger partial charge in [0.15, 0.2) is 0 Å². The molecule has 15 heavy (non-hydrogen) atoms. The van der Waals surface area contributed by atoms with Crippen molar-refractivity contribution >= 4 is 17.7 Å². The van der Waals surface area contributed by atoms with Crippen LogP contribution in [0.2, 0.25) is 0 Å². The number of aliphatic hydroxyl groups excluding tert-OH is 1. The van der Waals surface area contributed by atoms with E-state index < -0.39 is 0 Å². The molecule has 1 saturated heterocycles. The van der Waals surface area contributed by atoms with E-state index >= 15 is 0 Å². The summed E-state index contributed by atoms with van der Waals surface area (Å²) in [6.45, 7) is 3.03.